The first kappa shape index (κ1) is 11.7. The molecule has 1 aliphatic heterocycles. The minimum Gasteiger partial charge on any atom is -0.396 e. The van der Waals surface area contributed by atoms with Crippen LogP contribution in [-0.2, 0) is 0 Å². The number of benzene rings is 1. The molecule has 1 aliphatic rings. The van der Waals surface area contributed by atoms with E-state index in [0.717, 1.165) is 17.2 Å². The second kappa shape index (κ2) is 5.55. The van der Waals surface area contributed by atoms with Gasteiger partial charge in [-0.3, -0.25) is 0 Å². The zero-order valence-corrected chi connectivity index (χ0v) is 10.0. The number of rotatable bonds is 3. The molecule has 0 saturated carbocycles. The lowest BCUT2D eigenvalue weighted by atomic mass is 10.1. The fourth-order valence-corrected chi connectivity index (χ4v) is 2.89. The summed E-state index contributed by atoms with van der Waals surface area (Å²) < 4.78 is 13.2. The standard InChI is InChI=1S/C12H17FN2S/c13-11-7-10(4-5-12(11)14)16-8-9-3-1-2-6-15-9/h4-5,7,9,15H,1-3,6,8,14H2. The number of anilines is 1. The largest absolute Gasteiger partial charge is 0.396 e. The predicted molar refractivity (Wildman–Crippen MR) is 67.2 cm³/mol. The topological polar surface area (TPSA) is 38.0 Å². The van der Waals surface area contributed by atoms with E-state index in [2.05, 4.69) is 5.32 Å². The van der Waals surface area contributed by atoms with Crippen molar-refractivity contribution in [3.63, 3.8) is 0 Å². The van der Waals surface area contributed by atoms with E-state index in [0.29, 0.717) is 6.04 Å². The van der Waals surface area contributed by atoms with E-state index in [4.69, 9.17) is 5.73 Å². The van der Waals surface area contributed by atoms with Gasteiger partial charge in [-0.15, -0.1) is 11.8 Å². The summed E-state index contributed by atoms with van der Waals surface area (Å²) in [6.45, 7) is 1.11. The van der Waals surface area contributed by atoms with Gasteiger partial charge in [-0.05, 0) is 37.6 Å². The van der Waals surface area contributed by atoms with E-state index in [1.807, 2.05) is 6.07 Å². The fourth-order valence-electron chi connectivity index (χ4n) is 1.86. The van der Waals surface area contributed by atoms with Crippen molar-refractivity contribution in [2.24, 2.45) is 0 Å². The molecule has 0 spiro atoms. The third-order valence-corrected chi connectivity index (χ3v) is 3.99. The molecule has 2 rings (SSSR count). The van der Waals surface area contributed by atoms with Gasteiger partial charge in [0.1, 0.15) is 5.82 Å². The van der Waals surface area contributed by atoms with Crippen molar-refractivity contribution in [3.05, 3.63) is 24.0 Å². The molecule has 4 heteroatoms. The number of thioether (sulfide) groups is 1. The highest BCUT2D eigenvalue weighted by atomic mass is 32.2. The monoisotopic (exact) mass is 240 g/mol. The number of nitrogens with one attached hydrogen (secondary N) is 1. The number of hydrogen-bond acceptors (Lipinski definition) is 3. The number of halogens is 1. The second-order valence-electron chi connectivity index (χ2n) is 4.14. The maximum Gasteiger partial charge on any atom is 0.147 e. The molecule has 0 aromatic heterocycles. The van der Waals surface area contributed by atoms with Gasteiger partial charge >= 0.3 is 0 Å². The Kier molecular flexibility index (Phi) is 4.07. The van der Waals surface area contributed by atoms with Gasteiger partial charge in [0.15, 0.2) is 0 Å². The van der Waals surface area contributed by atoms with E-state index >= 15 is 0 Å². The Morgan fingerprint density at radius 3 is 3.00 bits per heavy atom. The minimum atomic E-state index is -0.318. The highest BCUT2D eigenvalue weighted by Crippen LogP contribution is 2.24. The van der Waals surface area contributed by atoms with Crippen LogP contribution in [0.4, 0.5) is 10.1 Å². The summed E-state index contributed by atoms with van der Waals surface area (Å²) in [6.07, 6.45) is 3.80. The van der Waals surface area contributed by atoms with Crippen LogP contribution < -0.4 is 11.1 Å². The van der Waals surface area contributed by atoms with Gasteiger partial charge in [0, 0.05) is 16.7 Å². The van der Waals surface area contributed by atoms with Crippen LogP contribution in [0.3, 0.4) is 0 Å². The molecule has 2 nitrogen and oxygen atoms in total. The lowest BCUT2D eigenvalue weighted by Crippen LogP contribution is -2.35. The first-order valence-corrected chi connectivity index (χ1v) is 6.65. The number of hydrogen-bond donors (Lipinski definition) is 2. The smallest absolute Gasteiger partial charge is 0.147 e. The van der Waals surface area contributed by atoms with Gasteiger partial charge in [0.25, 0.3) is 0 Å². The first-order valence-electron chi connectivity index (χ1n) is 5.67. The molecule has 0 bridgehead atoms. The molecule has 3 N–H and O–H groups in total. The number of nitrogens with two attached hydrogens (primary N) is 1. The molecule has 1 atom stereocenters. The molecule has 0 aliphatic carbocycles. The molecule has 1 fully saturated rings. The molecular weight excluding hydrogens is 223 g/mol. The van der Waals surface area contributed by atoms with Crippen molar-refractivity contribution in [2.45, 2.75) is 30.2 Å². The van der Waals surface area contributed by atoms with Gasteiger partial charge < -0.3 is 11.1 Å². The van der Waals surface area contributed by atoms with Gasteiger partial charge in [-0.2, -0.15) is 0 Å². The maximum absolute atomic E-state index is 13.2. The van der Waals surface area contributed by atoms with E-state index in [-0.39, 0.29) is 11.5 Å². The molecule has 0 amide bonds. The molecule has 1 saturated heterocycles. The van der Waals surface area contributed by atoms with Gasteiger partial charge in [-0.1, -0.05) is 6.42 Å². The molecule has 1 aromatic carbocycles. The summed E-state index contributed by atoms with van der Waals surface area (Å²) in [5, 5.41) is 3.48. The summed E-state index contributed by atoms with van der Waals surface area (Å²) in [5.74, 6) is 0.685. The Labute approximate surface area is 99.8 Å². The Hall–Kier alpha value is -0.740. The van der Waals surface area contributed by atoms with Crippen molar-refractivity contribution in [1.29, 1.82) is 0 Å². The van der Waals surface area contributed by atoms with E-state index in [9.17, 15) is 4.39 Å². The summed E-state index contributed by atoms with van der Waals surface area (Å²) in [7, 11) is 0. The predicted octanol–water partition coefficient (Wildman–Crippen LogP) is 2.64. The van der Waals surface area contributed by atoms with Crippen LogP contribution in [0.15, 0.2) is 23.1 Å². The number of piperidine rings is 1. The SMILES string of the molecule is Nc1ccc(SCC2CCCCN2)cc1F. The molecule has 1 heterocycles. The van der Waals surface area contributed by atoms with Crippen molar-refractivity contribution in [3.8, 4) is 0 Å². The fraction of sp³-hybridized carbons (Fsp3) is 0.500. The zero-order chi connectivity index (χ0) is 11.4. The summed E-state index contributed by atoms with van der Waals surface area (Å²) >= 11 is 1.69. The zero-order valence-electron chi connectivity index (χ0n) is 9.21. The van der Waals surface area contributed by atoms with Crippen LogP contribution in [0.2, 0.25) is 0 Å². The second-order valence-corrected chi connectivity index (χ2v) is 5.23. The van der Waals surface area contributed by atoms with Crippen LogP contribution in [0.1, 0.15) is 19.3 Å². The molecule has 1 unspecified atom stereocenters. The lowest BCUT2D eigenvalue weighted by molar-refractivity contribution is 0.430. The summed E-state index contributed by atoms with van der Waals surface area (Å²) in [4.78, 5) is 0.957. The van der Waals surface area contributed by atoms with Crippen LogP contribution in [0, 0.1) is 5.82 Å². The lowest BCUT2D eigenvalue weighted by Gasteiger charge is -2.22. The van der Waals surface area contributed by atoms with E-state index < -0.39 is 0 Å². The molecular formula is C12H17FN2S. The third-order valence-electron chi connectivity index (χ3n) is 2.84. The van der Waals surface area contributed by atoms with Crippen molar-refractivity contribution in [1.82, 2.24) is 5.32 Å². The first-order chi connectivity index (χ1) is 7.75. The normalized spacial score (nSPS) is 20.9. The Morgan fingerprint density at radius 2 is 2.31 bits per heavy atom. The van der Waals surface area contributed by atoms with E-state index in [1.54, 1.807) is 17.8 Å². The van der Waals surface area contributed by atoms with Gasteiger partial charge in [0.2, 0.25) is 0 Å². The van der Waals surface area contributed by atoms with Crippen molar-refractivity contribution < 1.29 is 4.39 Å². The number of nitrogen functional groups attached to an aromatic ring is 1. The molecule has 16 heavy (non-hydrogen) atoms. The Balaban J connectivity index is 1.86. The molecule has 1 aromatic rings. The molecule has 0 radical (unpaired) electrons. The highest BCUT2D eigenvalue weighted by molar-refractivity contribution is 7.99. The van der Waals surface area contributed by atoms with Gasteiger partial charge in [0.05, 0.1) is 5.69 Å². The van der Waals surface area contributed by atoms with Crippen molar-refractivity contribution in [2.75, 3.05) is 18.0 Å². The molecule has 88 valence electrons. The quantitative estimate of drug-likeness (QED) is 0.630. The average Bonchev–Trinajstić information content (AvgIpc) is 2.32. The van der Waals surface area contributed by atoms with Gasteiger partial charge in [-0.25, -0.2) is 4.39 Å². The third kappa shape index (κ3) is 3.12. The van der Waals surface area contributed by atoms with Crippen LogP contribution in [-0.4, -0.2) is 18.3 Å². The highest BCUT2D eigenvalue weighted by Gasteiger charge is 2.12. The van der Waals surface area contributed by atoms with Crippen LogP contribution in [0.5, 0.6) is 0 Å². The Bertz CT molecular complexity index is 351. The summed E-state index contributed by atoms with van der Waals surface area (Å²) in [5.41, 5.74) is 5.65. The van der Waals surface area contributed by atoms with Crippen LogP contribution >= 0.6 is 11.8 Å². The minimum absolute atomic E-state index is 0.222. The Morgan fingerprint density at radius 1 is 1.44 bits per heavy atom. The summed E-state index contributed by atoms with van der Waals surface area (Å²) in [6, 6.07) is 5.60. The van der Waals surface area contributed by atoms with Crippen molar-refractivity contribution >= 4 is 17.4 Å². The maximum atomic E-state index is 13.2. The average molecular weight is 240 g/mol. The van der Waals surface area contributed by atoms with E-state index in [1.165, 1.54) is 25.3 Å². The van der Waals surface area contributed by atoms with Crippen LogP contribution in [0.25, 0.3) is 0 Å².